The zero-order valence-corrected chi connectivity index (χ0v) is 34.8. The van der Waals surface area contributed by atoms with Crippen LogP contribution in [0, 0.1) is 24.4 Å². The third kappa shape index (κ3) is 8.18. The van der Waals surface area contributed by atoms with Gasteiger partial charge >= 0.3 is 145 Å². The molecule has 0 saturated carbocycles. The van der Waals surface area contributed by atoms with Gasteiger partial charge in [0.1, 0.15) is 5.58 Å². The van der Waals surface area contributed by atoms with Gasteiger partial charge < -0.3 is 8.98 Å². The van der Waals surface area contributed by atoms with Crippen molar-refractivity contribution in [3.8, 4) is 22.6 Å². The van der Waals surface area contributed by atoms with E-state index in [0.717, 1.165) is 55.3 Å². The van der Waals surface area contributed by atoms with Crippen LogP contribution in [0.4, 0.5) is 0 Å². The summed E-state index contributed by atoms with van der Waals surface area (Å²) >= 11 is -2.36. The van der Waals surface area contributed by atoms with Gasteiger partial charge in [0.15, 0.2) is 0 Å². The summed E-state index contributed by atoms with van der Waals surface area (Å²) in [6.07, 6.45) is 0.303. The molecule has 0 atom stereocenters. The van der Waals surface area contributed by atoms with Crippen molar-refractivity contribution in [2.45, 2.75) is 57.8 Å². The van der Waals surface area contributed by atoms with Crippen LogP contribution in [-0.2, 0) is 33.0 Å². The first kappa shape index (κ1) is 31.3. The molecule has 8 aromatic rings. The molecule has 0 N–H and O–H groups in total. The quantitative estimate of drug-likeness (QED) is 0.123. The van der Waals surface area contributed by atoms with Gasteiger partial charge in [-0.05, 0) is 23.8 Å². The number of para-hydroxylation sites is 3. The molecule has 0 unspecified atom stereocenters. The number of aromatic nitrogens is 3. The molecule has 0 amide bonds. The standard InChI is InChI=1S/C26H17N2O.C20H28GeN.Ir/c1-2-9-18(10-3-1)17-28-23-15-6-5-14-22(23)27-26(28)21-13-8-12-20-19-11-4-7-16-24(19)29-25(20)21;1-15-8-10-16(11-9-15)19-12-17(13-20(2,3)4)18(14-22-19)21(5,6)7;/h1-12,14-16H,17H2;8-10,12,14H,13H2,1-7H3;/q2*-1;/i;1D3,13D2;. The van der Waals surface area contributed by atoms with Gasteiger partial charge in [-0.25, -0.2) is 0 Å². The largest absolute Gasteiger partial charge is 0.501 e. The first-order valence-corrected chi connectivity index (χ1v) is 24.6. The number of fused-ring (bicyclic) bond motifs is 4. The summed E-state index contributed by atoms with van der Waals surface area (Å²) in [7, 11) is 0. The van der Waals surface area contributed by atoms with Gasteiger partial charge in [0.25, 0.3) is 0 Å². The van der Waals surface area contributed by atoms with Crippen molar-refractivity contribution in [3.63, 3.8) is 0 Å². The number of pyridine rings is 1. The molecule has 6 heteroatoms. The second kappa shape index (κ2) is 15.4. The van der Waals surface area contributed by atoms with Crippen molar-refractivity contribution >= 4 is 50.6 Å². The van der Waals surface area contributed by atoms with Crippen molar-refractivity contribution in [2.24, 2.45) is 5.41 Å². The minimum absolute atomic E-state index is 0. The van der Waals surface area contributed by atoms with E-state index in [9.17, 15) is 0 Å². The van der Waals surface area contributed by atoms with Crippen molar-refractivity contribution in [3.05, 3.63) is 150 Å². The third-order valence-electron chi connectivity index (χ3n) is 8.71. The molecule has 0 fully saturated rings. The van der Waals surface area contributed by atoms with E-state index >= 15 is 0 Å². The normalized spacial score (nSPS) is 13.7. The number of rotatable bonds is 6. The number of hydrogen-bond donors (Lipinski definition) is 0. The van der Waals surface area contributed by atoms with Gasteiger partial charge in [0.05, 0.1) is 22.4 Å². The molecular formula is C46H45GeIrN3O-2. The Morgan fingerprint density at radius 2 is 1.62 bits per heavy atom. The molecule has 265 valence electrons. The number of nitrogens with zero attached hydrogens (tertiary/aromatic N) is 3. The fourth-order valence-corrected chi connectivity index (χ4v) is 9.27. The van der Waals surface area contributed by atoms with Crippen LogP contribution >= 0.6 is 0 Å². The topological polar surface area (TPSA) is 43.9 Å². The van der Waals surface area contributed by atoms with Crippen molar-refractivity contribution in [2.75, 3.05) is 0 Å². The van der Waals surface area contributed by atoms with Crippen LogP contribution in [0.25, 0.3) is 55.6 Å². The summed E-state index contributed by atoms with van der Waals surface area (Å²) in [6.45, 7) is 4.29. The Bertz CT molecular complexity index is 2660. The summed E-state index contributed by atoms with van der Waals surface area (Å²) in [5.41, 5.74) is 7.56. The summed E-state index contributed by atoms with van der Waals surface area (Å²) in [5.74, 6) is 7.57. The minimum Gasteiger partial charge on any atom is -0.501 e. The van der Waals surface area contributed by atoms with E-state index in [1.54, 1.807) is 12.1 Å². The van der Waals surface area contributed by atoms with Crippen LogP contribution in [0.1, 0.15) is 44.3 Å². The molecule has 0 saturated heterocycles. The van der Waals surface area contributed by atoms with Crippen LogP contribution < -0.4 is 4.40 Å². The third-order valence-corrected chi connectivity index (χ3v) is 12.9. The van der Waals surface area contributed by atoms with E-state index < -0.39 is 31.9 Å². The van der Waals surface area contributed by atoms with Gasteiger partial charge in [0, 0.05) is 32.0 Å². The van der Waals surface area contributed by atoms with Gasteiger partial charge in [-0.1, -0.05) is 71.6 Å². The molecular weight excluding hydrogens is 875 g/mol. The maximum Gasteiger partial charge on any atom is 0.120 e. The molecule has 5 aromatic carbocycles. The Balaban J connectivity index is 0.000000190. The van der Waals surface area contributed by atoms with Crippen molar-refractivity contribution < 1.29 is 31.4 Å². The Labute approximate surface area is 331 Å². The minimum atomic E-state index is -2.36. The zero-order chi connectivity index (χ0) is 40.0. The van der Waals surface area contributed by atoms with E-state index in [0.29, 0.717) is 16.8 Å². The van der Waals surface area contributed by atoms with E-state index in [-0.39, 0.29) is 25.7 Å². The van der Waals surface area contributed by atoms with Crippen LogP contribution in [0.2, 0.25) is 17.3 Å². The number of imidazole rings is 1. The van der Waals surface area contributed by atoms with Crippen LogP contribution in [0.5, 0.6) is 0 Å². The number of benzene rings is 5. The number of furan rings is 1. The van der Waals surface area contributed by atoms with Crippen LogP contribution in [-0.4, -0.2) is 27.8 Å². The molecule has 8 rings (SSSR count). The van der Waals surface area contributed by atoms with Gasteiger partial charge in [-0.15, -0.1) is 18.2 Å². The van der Waals surface area contributed by atoms with Crippen LogP contribution in [0.3, 0.4) is 0 Å². The SMILES string of the molecule is [2H]C([2H])([2H])c1c[c-]c(-c2cc(C([2H])([2H])C(C)(C)C)[c]([Ge]([CH3])([CH3])[CH3])cn2)cc1.[Ir].[c-]1ccc2c(oc3ccccc32)c1-c1nc2ccccc2n1Cc1ccccc1. The maximum absolute atomic E-state index is 8.80. The Morgan fingerprint density at radius 1 is 0.865 bits per heavy atom. The summed E-state index contributed by atoms with van der Waals surface area (Å²) in [4.78, 5) is 9.54. The van der Waals surface area contributed by atoms with Crippen molar-refractivity contribution in [1.82, 2.24) is 14.5 Å². The summed E-state index contributed by atoms with van der Waals surface area (Å²) in [5, 5.41) is 2.20. The second-order valence-corrected chi connectivity index (χ2v) is 25.5. The number of hydrogen-bond acceptors (Lipinski definition) is 3. The Kier molecular flexibility index (Phi) is 9.23. The molecule has 1 radical (unpaired) electrons. The summed E-state index contributed by atoms with van der Waals surface area (Å²) < 4.78 is 49.6. The number of aryl methyl sites for hydroxylation is 1. The maximum atomic E-state index is 8.80. The molecule has 3 aromatic heterocycles. The average molecular weight is 926 g/mol. The van der Waals surface area contributed by atoms with E-state index in [1.807, 2.05) is 69.4 Å². The first-order valence-electron chi connectivity index (χ1n) is 19.8. The Morgan fingerprint density at radius 3 is 2.35 bits per heavy atom. The molecule has 0 aliphatic rings. The van der Waals surface area contributed by atoms with Gasteiger partial charge in [0.2, 0.25) is 0 Å². The molecule has 0 spiro atoms. The molecule has 0 aliphatic carbocycles. The molecule has 0 aliphatic heterocycles. The van der Waals surface area contributed by atoms with E-state index in [1.165, 1.54) is 11.6 Å². The van der Waals surface area contributed by atoms with E-state index in [2.05, 4.69) is 93.5 Å². The second-order valence-electron chi connectivity index (χ2n) is 14.9. The summed E-state index contributed by atoms with van der Waals surface area (Å²) in [6, 6.07) is 43.9. The molecule has 4 nitrogen and oxygen atoms in total. The van der Waals surface area contributed by atoms with Crippen LogP contribution in [0.15, 0.2) is 126 Å². The predicted molar refractivity (Wildman–Crippen MR) is 216 cm³/mol. The van der Waals surface area contributed by atoms with Gasteiger partial charge in [-0.2, -0.15) is 0 Å². The van der Waals surface area contributed by atoms with Crippen molar-refractivity contribution in [1.29, 1.82) is 0 Å². The Hall–Kier alpha value is -4.29. The fourth-order valence-electron chi connectivity index (χ4n) is 6.34. The average Bonchev–Trinajstić information content (AvgIpc) is 3.73. The van der Waals surface area contributed by atoms with Gasteiger partial charge in [-0.3, -0.25) is 4.98 Å². The smallest absolute Gasteiger partial charge is 0.120 e. The fraction of sp³-hybridized carbons (Fsp3) is 0.217. The molecule has 52 heavy (non-hydrogen) atoms. The molecule has 0 bridgehead atoms. The monoisotopic (exact) mass is 927 g/mol. The predicted octanol–water partition coefficient (Wildman–Crippen LogP) is 11.4. The van der Waals surface area contributed by atoms with E-state index in [4.69, 9.17) is 16.3 Å². The zero-order valence-electron chi connectivity index (χ0n) is 35.3. The first-order chi connectivity index (χ1) is 26.4. The molecule has 3 heterocycles.